The van der Waals surface area contributed by atoms with E-state index < -0.39 is 12.1 Å². The molecule has 0 spiro atoms. The van der Waals surface area contributed by atoms with E-state index in [1.807, 2.05) is 30.9 Å². The number of hydrogen-bond donors (Lipinski definition) is 2. The first kappa shape index (κ1) is 27.4. The van der Waals surface area contributed by atoms with Gasteiger partial charge in [0.05, 0.1) is 7.11 Å². The summed E-state index contributed by atoms with van der Waals surface area (Å²) in [6.45, 7) is 6.97. The Morgan fingerprint density at radius 2 is 1.63 bits per heavy atom. The summed E-state index contributed by atoms with van der Waals surface area (Å²) in [4.78, 5) is 41.6. The monoisotopic (exact) mass is 496 g/mol. The zero-order chi connectivity index (χ0) is 26.2. The van der Waals surface area contributed by atoms with Crippen LogP contribution in [-0.2, 0) is 14.3 Å². The number of amides is 1. The van der Waals surface area contributed by atoms with Gasteiger partial charge in [0.25, 0.3) is 5.91 Å². The van der Waals surface area contributed by atoms with Crippen molar-refractivity contribution < 1.29 is 37.4 Å². The minimum Gasteiger partial charge on any atom is -0.475 e. The molecule has 3 rings (SSSR count). The molecule has 0 atom stereocenters. The van der Waals surface area contributed by atoms with Crippen LogP contribution in [0.4, 0.5) is 24.5 Å². The molecule has 1 fully saturated rings. The number of alkyl halides is 3. The Bertz CT molecular complexity index is 1030. The molecule has 2 N–H and O–H groups in total. The number of carbonyl (C=O) groups excluding carboxylic acids is 2. The van der Waals surface area contributed by atoms with E-state index in [0.717, 1.165) is 35.9 Å². The number of halogens is 3. The van der Waals surface area contributed by atoms with E-state index in [1.54, 1.807) is 12.1 Å². The molecule has 0 bridgehead atoms. The molecule has 12 heteroatoms. The van der Waals surface area contributed by atoms with Gasteiger partial charge < -0.3 is 25.0 Å². The summed E-state index contributed by atoms with van der Waals surface area (Å²) in [7, 11) is 1.35. The minimum atomic E-state index is -5.08. The van der Waals surface area contributed by atoms with Crippen molar-refractivity contribution in [1.82, 2.24) is 9.88 Å². The smallest absolute Gasteiger partial charge is 0.475 e. The fraction of sp³-hybridized carbons (Fsp3) is 0.391. The number of carboxylic acids is 1. The number of anilines is 2. The number of esters is 1. The van der Waals surface area contributed by atoms with Gasteiger partial charge in [-0.15, -0.1) is 0 Å². The van der Waals surface area contributed by atoms with Gasteiger partial charge in [-0.2, -0.15) is 13.2 Å². The number of methoxy groups -OCH3 is 1. The van der Waals surface area contributed by atoms with Gasteiger partial charge in [0.1, 0.15) is 6.54 Å². The van der Waals surface area contributed by atoms with Crippen LogP contribution in [0.1, 0.15) is 21.7 Å². The highest BCUT2D eigenvalue weighted by molar-refractivity contribution is 5.95. The van der Waals surface area contributed by atoms with Crippen molar-refractivity contribution in [1.29, 1.82) is 0 Å². The second-order valence-electron chi connectivity index (χ2n) is 7.70. The SMILES string of the molecule is COC(=O)CNc1cccc(C(=O)N2CCN(c3cc(C)nc(C)c3)CC2)c1.O=C(O)C(F)(F)F. The van der Waals surface area contributed by atoms with E-state index >= 15 is 0 Å². The summed E-state index contributed by atoms with van der Waals surface area (Å²) < 4.78 is 36.4. The number of nitrogens with zero attached hydrogens (tertiary/aromatic N) is 3. The normalized spacial score (nSPS) is 13.4. The van der Waals surface area contributed by atoms with Crippen molar-refractivity contribution in [2.75, 3.05) is 50.1 Å². The molecule has 0 radical (unpaired) electrons. The number of carbonyl (C=O) groups is 3. The molecule has 0 saturated carbocycles. The molecule has 0 unspecified atom stereocenters. The number of aromatic nitrogens is 1. The van der Waals surface area contributed by atoms with Crippen molar-refractivity contribution in [2.24, 2.45) is 0 Å². The van der Waals surface area contributed by atoms with Gasteiger partial charge in [0, 0.05) is 54.5 Å². The predicted octanol–water partition coefficient (Wildman–Crippen LogP) is 2.88. The van der Waals surface area contributed by atoms with E-state index in [2.05, 4.69) is 32.1 Å². The van der Waals surface area contributed by atoms with Gasteiger partial charge >= 0.3 is 18.1 Å². The summed E-state index contributed by atoms with van der Waals surface area (Å²) in [5.74, 6) is -3.11. The number of piperazine rings is 1. The van der Waals surface area contributed by atoms with Gasteiger partial charge in [-0.25, -0.2) is 4.79 Å². The van der Waals surface area contributed by atoms with Gasteiger partial charge in [0.15, 0.2) is 0 Å². The van der Waals surface area contributed by atoms with E-state index in [9.17, 15) is 22.8 Å². The highest BCUT2D eigenvalue weighted by atomic mass is 19.4. The van der Waals surface area contributed by atoms with E-state index in [4.69, 9.17) is 9.90 Å². The second kappa shape index (κ2) is 12.0. The van der Waals surface area contributed by atoms with E-state index in [0.29, 0.717) is 18.7 Å². The molecule has 9 nitrogen and oxygen atoms in total. The van der Waals surface area contributed by atoms with Crippen molar-refractivity contribution >= 4 is 29.2 Å². The molecule has 1 amide bonds. The molecule has 190 valence electrons. The lowest BCUT2D eigenvalue weighted by atomic mass is 10.1. The first-order valence-corrected chi connectivity index (χ1v) is 10.6. The molecular weight excluding hydrogens is 469 g/mol. The van der Waals surface area contributed by atoms with Crippen LogP contribution in [0.2, 0.25) is 0 Å². The molecule has 1 aliphatic heterocycles. The zero-order valence-corrected chi connectivity index (χ0v) is 19.6. The fourth-order valence-electron chi connectivity index (χ4n) is 3.35. The predicted molar refractivity (Wildman–Crippen MR) is 122 cm³/mol. The second-order valence-corrected chi connectivity index (χ2v) is 7.70. The van der Waals surface area contributed by atoms with Crippen LogP contribution in [0.5, 0.6) is 0 Å². The first-order valence-electron chi connectivity index (χ1n) is 10.6. The third-order valence-electron chi connectivity index (χ3n) is 5.01. The summed E-state index contributed by atoms with van der Waals surface area (Å²) in [5.41, 5.74) is 4.50. The molecule has 1 aromatic carbocycles. The Balaban J connectivity index is 0.000000540. The summed E-state index contributed by atoms with van der Waals surface area (Å²) in [6, 6.07) is 11.4. The van der Waals surface area contributed by atoms with Gasteiger partial charge in [-0.05, 0) is 44.2 Å². The lowest BCUT2D eigenvalue weighted by molar-refractivity contribution is -0.192. The molecule has 35 heavy (non-hydrogen) atoms. The van der Waals surface area contributed by atoms with Crippen LogP contribution in [0.25, 0.3) is 0 Å². The van der Waals surface area contributed by atoms with E-state index in [1.165, 1.54) is 7.11 Å². The number of rotatable bonds is 5. The van der Waals surface area contributed by atoms with Crippen molar-refractivity contribution in [3.05, 3.63) is 53.3 Å². The highest BCUT2D eigenvalue weighted by Crippen LogP contribution is 2.20. The molecule has 1 saturated heterocycles. The Hall–Kier alpha value is -3.83. The highest BCUT2D eigenvalue weighted by Gasteiger charge is 2.38. The summed E-state index contributed by atoms with van der Waals surface area (Å²) in [5, 5.41) is 10.1. The minimum absolute atomic E-state index is 0.00320. The summed E-state index contributed by atoms with van der Waals surface area (Å²) >= 11 is 0. The lowest BCUT2D eigenvalue weighted by Crippen LogP contribution is -2.48. The van der Waals surface area contributed by atoms with Crippen LogP contribution >= 0.6 is 0 Å². The lowest BCUT2D eigenvalue weighted by Gasteiger charge is -2.36. The van der Waals surface area contributed by atoms with Crippen molar-refractivity contribution in [3.8, 4) is 0 Å². The number of nitrogens with one attached hydrogen (secondary N) is 1. The summed E-state index contributed by atoms with van der Waals surface area (Å²) in [6.07, 6.45) is -5.08. The number of aliphatic carboxylic acids is 1. The van der Waals surface area contributed by atoms with Gasteiger partial charge in [-0.3, -0.25) is 14.6 Å². The largest absolute Gasteiger partial charge is 0.490 e. The maximum Gasteiger partial charge on any atom is 0.490 e. The molecular formula is C23H27F3N4O5. The Labute approximate surface area is 200 Å². The molecule has 2 heterocycles. The van der Waals surface area contributed by atoms with Crippen LogP contribution in [0.3, 0.4) is 0 Å². The molecule has 2 aromatic rings. The zero-order valence-electron chi connectivity index (χ0n) is 19.6. The van der Waals surface area contributed by atoms with Crippen LogP contribution in [0, 0.1) is 13.8 Å². The van der Waals surface area contributed by atoms with Crippen LogP contribution in [0.15, 0.2) is 36.4 Å². The third-order valence-corrected chi connectivity index (χ3v) is 5.01. The third kappa shape index (κ3) is 8.47. The Morgan fingerprint density at radius 1 is 1.06 bits per heavy atom. The maximum absolute atomic E-state index is 12.9. The maximum atomic E-state index is 12.9. The number of aryl methyl sites for hydroxylation is 2. The molecule has 1 aliphatic rings. The van der Waals surface area contributed by atoms with Crippen LogP contribution < -0.4 is 10.2 Å². The molecule has 1 aromatic heterocycles. The fourth-order valence-corrected chi connectivity index (χ4v) is 3.35. The Morgan fingerprint density at radius 3 is 2.14 bits per heavy atom. The average Bonchev–Trinajstić information content (AvgIpc) is 2.81. The Kier molecular flexibility index (Phi) is 9.43. The average molecular weight is 496 g/mol. The van der Waals surface area contributed by atoms with Gasteiger partial charge in [0.2, 0.25) is 0 Å². The van der Waals surface area contributed by atoms with Crippen LogP contribution in [-0.4, -0.2) is 78.8 Å². The molecule has 0 aliphatic carbocycles. The van der Waals surface area contributed by atoms with Gasteiger partial charge in [-0.1, -0.05) is 6.07 Å². The quantitative estimate of drug-likeness (QED) is 0.608. The number of hydrogen-bond acceptors (Lipinski definition) is 7. The van der Waals surface area contributed by atoms with Crippen molar-refractivity contribution in [3.63, 3.8) is 0 Å². The topological polar surface area (TPSA) is 112 Å². The van der Waals surface area contributed by atoms with E-state index in [-0.39, 0.29) is 18.4 Å². The number of benzene rings is 1. The van der Waals surface area contributed by atoms with Crippen molar-refractivity contribution in [2.45, 2.75) is 20.0 Å². The number of pyridine rings is 1. The number of carboxylic acid groups (broad SMARTS) is 1. The first-order chi connectivity index (χ1) is 16.4. The number of ether oxygens (including phenoxy) is 1. The standard InChI is InChI=1S/C21H26N4O3.C2HF3O2/c1-15-11-19(12-16(2)23-15)24-7-9-25(10-8-24)21(27)17-5-4-6-18(13-17)22-14-20(26)28-3;3-2(4,5)1(6)7/h4-6,11-13,22H,7-10,14H2,1-3H3;(H,6,7).